The largest absolute Gasteiger partial charge is 0.348 e. The third kappa shape index (κ3) is 2.53. The number of ether oxygens (including phenoxy) is 2. The van der Waals surface area contributed by atoms with Crippen molar-refractivity contribution < 1.29 is 9.47 Å². The number of hydrogen-bond acceptors (Lipinski definition) is 2. The molecule has 1 aliphatic rings. The van der Waals surface area contributed by atoms with Gasteiger partial charge < -0.3 is 9.47 Å². The van der Waals surface area contributed by atoms with Gasteiger partial charge in [-0.25, -0.2) is 0 Å². The average Bonchev–Trinajstić information content (AvgIpc) is 2.26. The molecule has 62 valence electrons. The summed E-state index contributed by atoms with van der Waals surface area (Å²) in [5.41, 5.74) is 0. The van der Waals surface area contributed by atoms with Crippen LogP contribution in [-0.4, -0.2) is 18.5 Å². The molecule has 0 N–H and O–H groups in total. The molecule has 1 aliphatic heterocycles. The summed E-state index contributed by atoms with van der Waals surface area (Å²) in [6, 6.07) is 0. The monoisotopic (exact) mass is 154 g/mol. The molecule has 1 saturated heterocycles. The van der Waals surface area contributed by atoms with E-state index in [1.165, 1.54) is 0 Å². The van der Waals surface area contributed by atoms with E-state index in [2.05, 4.69) is 5.92 Å². The van der Waals surface area contributed by atoms with Crippen LogP contribution in [0.15, 0.2) is 0 Å². The van der Waals surface area contributed by atoms with Gasteiger partial charge in [-0.1, -0.05) is 0 Å². The lowest BCUT2D eigenvalue weighted by Gasteiger charge is -2.16. The molecule has 1 rings (SSSR count). The molecule has 0 radical (unpaired) electrons. The van der Waals surface area contributed by atoms with Gasteiger partial charge in [-0.2, -0.15) is 0 Å². The lowest BCUT2D eigenvalue weighted by atomic mass is 10.2. The lowest BCUT2D eigenvalue weighted by Crippen LogP contribution is -2.21. The van der Waals surface area contributed by atoms with Gasteiger partial charge in [-0.3, -0.25) is 0 Å². The Hall–Kier alpha value is -0.520. The standard InChI is InChI=1S/C9H14O2/c1-4-5-6-8-7-10-9(2,3)11-8/h1,8H,5-7H2,2-3H3. The van der Waals surface area contributed by atoms with Gasteiger partial charge in [0.05, 0.1) is 12.7 Å². The fourth-order valence-corrected chi connectivity index (χ4v) is 1.15. The zero-order valence-corrected chi connectivity index (χ0v) is 7.09. The predicted molar refractivity (Wildman–Crippen MR) is 43.0 cm³/mol. The maximum absolute atomic E-state index is 5.53. The van der Waals surface area contributed by atoms with Crippen LogP contribution in [0, 0.1) is 12.3 Å². The summed E-state index contributed by atoms with van der Waals surface area (Å²) < 4.78 is 10.9. The van der Waals surface area contributed by atoms with Crippen molar-refractivity contribution in [2.75, 3.05) is 6.61 Å². The smallest absolute Gasteiger partial charge is 0.163 e. The van der Waals surface area contributed by atoms with Gasteiger partial charge in [0.2, 0.25) is 0 Å². The maximum Gasteiger partial charge on any atom is 0.163 e. The van der Waals surface area contributed by atoms with Crippen LogP contribution in [0.4, 0.5) is 0 Å². The minimum absolute atomic E-state index is 0.195. The van der Waals surface area contributed by atoms with Crippen LogP contribution in [0.2, 0.25) is 0 Å². The Kier molecular flexibility index (Phi) is 2.53. The first kappa shape index (κ1) is 8.58. The number of terminal acetylenes is 1. The molecule has 0 aromatic rings. The second-order valence-corrected chi connectivity index (χ2v) is 3.19. The normalized spacial score (nSPS) is 28.3. The highest BCUT2D eigenvalue weighted by atomic mass is 16.7. The van der Waals surface area contributed by atoms with Crippen molar-refractivity contribution >= 4 is 0 Å². The van der Waals surface area contributed by atoms with Crippen LogP contribution < -0.4 is 0 Å². The predicted octanol–water partition coefficient (Wildman–Crippen LogP) is 1.55. The Bertz CT molecular complexity index is 167. The molecular weight excluding hydrogens is 140 g/mol. The van der Waals surface area contributed by atoms with Gasteiger partial charge in [0.15, 0.2) is 5.79 Å². The molecule has 1 heterocycles. The van der Waals surface area contributed by atoms with Crippen molar-refractivity contribution in [3.05, 3.63) is 0 Å². The minimum Gasteiger partial charge on any atom is -0.348 e. The molecule has 0 aromatic carbocycles. The Morgan fingerprint density at radius 1 is 1.64 bits per heavy atom. The minimum atomic E-state index is -0.404. The molecule has 0 aromatic heterocycles. The van der Waals surface area contributed by atoms with Crippen LogP contribution in [0.5, 0.6) is 0 Å². The summed E-state index contributed by atoms with van der Waals surface area (Å²) >= 11 is 0. The van der Waals surface area contributed by atoms with Gasteiger partial charge in [0, 0.05) is 6.42 Å². The van der Waals surface area contributed by atoms with E-state index >= 15 is 0 Å². The summed E-state index contributed by atoms with van der Waals surface area (Å²) in [6.07, 6.45) is 6.99. The molecule has 0 bridgehead atoms. The zero-order valence-electron chi connectivity index (χ0n) is 7.09. The Balaban J connectivity index is 2.26. The molecule has 0 aliphatic carbocycles. The Morgan fingerprint density at radius 3 is 2.82 bits per heavy atom. The van der Waals surface area contributed by atoms with Crippen LogP contribution in [0.25, 0.3) is 0 Å². The summed E-state index contributed by atoms with van der Waals surface area (Å²) in [6.45, 7) is 4.51. The van der Waals surface area contributed by atoms with E-state index in [1.807, 2.05) is 13.8 Å². The molecule has 0 spiro atoms. The molecule has 0 amide bonds. The second-order valence-electron chi connectivity index (χ2n) is 3.19. The Labute approximate surface area is 67.9 Å². The first-order valence-electron chi connectivity index (χ1n) is 3.89. The van der Waals surface area contributed by atoms with Crippen molar-refractivity contribution in [1.29, 1.82) is 0 Å². The number of hydrogen-bond donors (Lipinski definition) is 0. The second kappa shape index (κ2) is 3.25. The van der Waals surface area contributed by atoms with Gasteiger partial charge in [0.25, 0.3) is 0 Å². The van der Waals surface area contributed by atoms with Crippen LogP contribution in [-0.2, 0) is 9.47 Å². The van der Waals surface area contributed by atoms with Crippen molar-refractivity contribution in [3.8, 4) is 12.3 Å². The Morgan fingerprint density at radius 2 is 2.36 bits per heavy atom. The fourth-order valence-electron chi connectivity index (χ4n) is 1.15. The highest BCUT2D eigenvalue weighted by molar-refractivity contribution is 4.85. The van der Waals surface area contributed by atoms with E-state index in [0.717, 1.165) is 12.8 Å². The molecule has 1 atom stereocenters. The fraction of sp³-hybridized carbons (Fsp3) is 0.778. The summed E-state index contributed by atoms with van der Waals surface area (Å²) in [5.74, 6) is 2.18. The van der Waals surface area contributed by atoms with E-state index in [-0.39, 0.29) is 6.10 Å². The van der Waals surface area contributed by atoms with Crippen LogP contribution >= 0.6 is 0 Å². The first-order chi connectivity index (χ1) is 5.14. The van der Waals surface area contributed by atoms with E-state index < -0.39 is 5.79 Å². The van der Waals surface area contributed by atoms with E-state index in [4.69, 9.17) is 15.9 Å². The average molecular weight is 154 g/mol. The van der Waals surface area contributed by atoms with Gasteiger partial charge >= 0.3 is 0 Å². The summed E-state index contributed by atoms with van der Waals surface area (Å²) in [4.78, 5) is 0. The molecular formula is C9H14O2. The third-order valence-electron chi connectivity index (χ3n) is 1.68. The van der Waals surface area contributed by atoms with Crippen LogP contribution in [0.3, 0.4) is 0 Å². The number of rotatable bonds is 2. The van der Waals surface area contributed by atoms with Gasteiger partial charge in [0.1, 0.15) is 0 Å². The first-order valence-corrected chi connectivity index (χ1v) is 3.89. The topological polar surface area (TPSA) is 18.5 Å². The SMILES string of the molecule is C#CCCC1COC(C)(C)O1. The highest BCUT2D eigenvalue weighted by Gasteiger charge is 2.31. The maximum atomic E-state index is 5.53. The van der Waals surface area contributed by atoms with E-state index in [1.54, 1.807) is 0 Å². The molecule has 1 unspecified atom stereocenters. The van der Waals surface area contributed by atoms with Crippen molar-refractivity contribution in [1.82, 2.24) is 0 Å². The molecule has 11 heavy (non-hydrogen) atoms. The van der Waals surface area contributed by atoms with E-state index in [0.29, 0.717) is 6.61 Å². The summed E-state index contributed by atoms with van der Waals surface area (Å²) in [7, 11) is 0. The van der Waals surface area contributed by atoms with E-state index in [9.17, 15) is 0 Å². The zero-order chi connectivity index (χ0) is 8.32. The highest BCUT2D eigenvalue weighted by Crippen LogP contribution is 2.24. The molecule has 0 saturated carbocycles. The van der Waals surface area contributed by atoms with Gasteiger partial charge in [-0.15, -0.1) is 12.3 Å². The van der Waals surface area contributed by atoms with Crippen molar-refractivity contribution in [3.63, 3.8) is 0 Å². The van der Waals surface area contributed by atoms with Gasteiger partial charge in [-0.05, 0) is 20.3 Å². The lowest BCUT2D eigenvalue weighted by molar-refractivity contribution is -0.138. The molecule has 1 fully saturated rings. The van der Waals surface area contributed by atoms with Crippen molar-refractivity contribution in [2.45, 2.75) is 38.6 Å². The summed E-state index contributed by atoms with van der Waals surface area (Å²) in [5, 5.41) is 0. The van der Waals surface area contributed by atoms with Crippen molar-refractivity contribution in [2.24, 2.45) is 0 Å². The molecule has 2 heteroatoms. The quantitative estimate of drug-likeness (QED) is 0.562. The molecule has 2 nitrogen and oxygen atoms in total. The third-order valence-corrected chi connectivity index (χ3v) is 1.68. The van der Waals surface area contributed by atoms with Crippen LogP contribution in [0.1, 0.15) is 26.7 Å².